The van der Waals surface area contributed by atoms with E-state index in [1.165, 1.54) is 19.3 Å². The summed E-state index contributed by atoms with van der Waals surface area (Å²) in [6.45, 7) is 1.98. The molecule has 1 saturated heterocycles. The van der Waals surface area contributed by atoms with Crippen LogP contribution in [0.25, 0.3) is 0 Å². The quantitative estimate of drug-likeness (QED) is 0.860. The van der Waals surface area contributed by atoms with Crippen molar-refractivity contribution < 1.29 is 9.47 Å². The van der Waals surface area contributed by atoms with Crippen LogP contribution in [0.2, 0.25) is 0 Å². The molecule has 1 aliphatic heterocycles. The third kappa shape index (κ3) is 3.70. The summed E-state index contributed by atoms with van der Waals surface area (Å²) in [7, 11) is 5.17. The molecule has 0 aromatic carbocycles. The number of aromatic nitrogens is 2. The average molecular weight is 266 g/mol. The minimum Gasteiger partial charge on any atom is -0.481 e. The maximum absolute atomic E-state index is 5.16. The molecule has 1 N–H and O–H groups in total. The van der Waals surface area contributed by atoms with Crippen LogP contribution in [-0.4, -0.2) is 50.4 Å². The van der Waals surface area contributed by atoms with Gasteiger partial charge in [0.05, 0.1) is 20.3 Å². The van der Waals surface area contributed by atoms with Crippen LogP contribution < -0.4 is 19.7 Å². The summed E-state index contributed by atoms with van der Waals surface area (Å²) in [5.41, 5.74) is 0. The molecule has 2 heterocycles. The van der Waals surface area contributed by atoms with Gasteiger partial charge in [-0.05, 0) is 19.4 Å². The van der Waals surface area contributed by atoms with Crippen molar-refractivity contribution in [3.05, 3.63) is 6.07 Å². The molecule has 19 heavy (non-hydrogen) atoms. The third-order valence-corrected chi connectivity index (χ3v) is 3.33. The maximum Gasteiger partial charge on any atom is 0.231 e. The molecule has 1 fully saturated rings. The van der Waals surface area contributed by atoms with Crippen LogP contribution in [0.5, 0.6) is 11.8 Å². The predicted octanol–water partition coefficient (Wildman–Crippen LogP) is 1.07. The molecule has 0 radical (unpaired) electrons. The van der Waals surface area contributed by atoms with Crippen LogP contribution in [0.1, 0.15) is 19.3 Å². The molecule has 6 heteroatoms. The topological polar surface area (TPSA) is 59.5 Å². The fourth-order valence-corrected chi connectivity index (χ4v) is 2.26. The normalized spacial score (nSPS) is 19.0. The fraction of sp³-hybridized carbons (Fsp3) is 0.692. The van der Waals surface area contributed by atoms with Gasteiger partial charge in [0.25, 0.3) is 0 Å². The molecule has 0 bridgehead atoms. The lowest BCUT2D eigenvalue weighted by atomic mass is 10.0. The molecule has 1 aromatic heterocycles. The van der Waals surface area contributed by atoms with E-state index in [-0.39, 0.29) is 0 Å². The van der Waals surface area contributed by atoms with E-state index in [1.54, 1.807) is 20.3 Å². The van der Waals surface area contributed by atoms with Crippen molar-refractivity contribution in [1.29, 1.82) is 0 Å². The molecule has 0 amide bonds. The minimum atomic E-state index is 0.500. The highest BCUT2D eigenvalue weighted by molar-refractivity contribution is 5.36. The molecule has 2 rings (SSSR count). The third-order valence-electron chi connectivity index (χ3n) is 3.33. The molecule has 6 nitrogen and oxygen atoms in total. The van der Waals surface area contributed by atoms with Gasteiger partial charge in [-0.25, -0.2) is 0 Å². The number of ether oxygens (including phenoxy) is 2. The van der Waals surface area contributed by atoms with Gasteiger partial charge < -0.3 is 19.7 Å². The Kier molecular flexibility index (Phi) is 4.79. The molecular weight excluding hydrogens is 244 g/mol. The molecule has 0 saturated carbocycles. The molecular formula is C13H22N4O2. The molecule has 1 atom stereocenters. The van der Waals surface area contributed by atoms with Crippen LogP contribution >= 0.6 is 0 Å². The standard InChI is InChI=1S/C13H22N4O2/c1-17(9-10-6-4-5-7-14-10)13-15-11(18-2)8-12(16-13)19-3/h8,10,14H,4-7,9H2,1-3H3. The van der Waals surface area contributed by atoms with Crippen molar-refractivity contribution in [2.45, 2.75) is 25.3 Å². The van der Waals surface area contributed by atoms with E-state index in [2.05, 4.69) is 15.3 Å². The summed E-state index contributed by atoms with van der Waals surface area (Å²) < 4.78 is 10.3. The zero-order chi connectivity index (χ0) is 13.7. The Morgan fingerprint density at radius 2 is 1.95 bits per heavy atom. The first-order chi connectivity index (χ1) is 9.22. The molecule has 1 aromatic rings. The van der Waals surface area contributed by atoms with Crippen molar-refractivity contribution in [2.75, 3.05) is 39.3 Å². The lowest BCUT2D eigenvalue weighted by molar-refractivity contribution is 0.369. The Morgan fingerprint density at radius 3 is 2.47 bits per heavy atom. The highest BCUT2D eigenvalue weighted by atomic mass is 16.5. The zero-order valence-electron chi connectivity index (χ0n) is 11.8. The van der Waals surface area contributed by atoms with Crippen molar-refractivity contribution in [3.63, 3.8) is 0 Å². The Morgan fingerprint density at radius 1 is 1.26 bits per heavy atom. The van der Waals surface area contributed by atoms with Crippen molar-refractivity contribution in [2.24, 2.45) is 0 Å². The van der Waals surface area contributed by atoms with Gasteiger partial charge in [-0.1, -0.05) is 6.42 Å². The van der Waals surface area contributed by atoms with Gasteiger partial charge in [0.1, 0.15) is 0 Å². The smallest absolute Gasteiger partial charge is 0.231 e. The summed E-state index contributed by atoms with van der Waals surface area (Å²) in [4.78, 5) is 10.7. The molecule has 1 aliphatic rings. The van der Waals surface area contributed by atoms with Crippen LogP contribution in [0, 0.1) is 0 Å². The van der Waals surface area contributed by atoms with Gasteiger partial charge >= 0.3 is 0 Å². The van der Waals surface area contributed by atoms with E-state index in [0.29, 0.717) is 23.8 Å². The molecule has 1 unspecified atom stereocenters. The second-order valence-electron chi connectivity index (χ2n) is 4.78. The monoisotopic (exact) mass is 266 g/mol. The van der Waals surface area contributed by atoms with Crippen molar-refractivity contribution >= 4 is 5.95 Å². The van der Waals surface area contributed by atoms with Crippen molar-refractivity contribution in [1.82, 2.24) is 15.3 Å². The summed E-state index contributed by atoms with van der Waals surface area (Å²) in [6.07, 6.45) is 3.75. The SMILES string of the molecule is COc1cc(OC)nc(N(C)CC2CCCCN2)n1. The maximum atomic E-state index is 5.16. The highest BCUT2D eigenvalue weighted by Gasteiger charge is 2.17. The van der Waals surface area contributed by atoms with Crippen LogP contribution in [-0.2, 0) is 0 Å². The Balaban J connectivity index is 2.06. The number of piperidine rings is 1. The van der Waals surface area contributed by atoms with Crippen LogP contribution in [0.15, 0.2) is 6.07 Å². The van der Waals surface area contributed by atoms with E-state index >= 15 is 0 Å². The number of rotatable bonds is 5. The Labute approximate surface area is 114 Å². The Bertz CT molecular complexity index is 385. The van der Waals surface area contributed by atoms with Gasteiger partial charge in [-0.2, -0.15) is 9.97 Å². The number of hydrogen-bond donors (Lipinski definition) is 1. The first-order valence-electron chi connectivity index (χ1n) is 6.64. The zero-order valence-corrected chi connectivity index (χ0v) is 11.8. The van der Waals surface area contributed by atoms with Crippen molar-refractivity contribution in [3.8, 4) is 11.8 Å². The number of hydrogen-bond acceptors (Lipinski definition) is 6. The summed E-state index contributed by atoms with van der Waals surface area (Å²) in [5, 5.41) is 3.52. The minimum absolute atomic E-state index is 0.500. The molecule has 0 aliphatic carbocycles. The average Bonchev–Trinajstić information content (AvgIpc) is 2.47. The number of likely N-dealkylation sites (N-methyl/N-ethyl adjacent to an activating group) is 1. The van der Waals surface area contributed by atoms with Gasteiger partial charge in [0, 0.05) is 19.6 Å². The first kappa shape index (κ1) is 13.9. The number of methoxy groups -OCH3 is 2. The first-order valence-corrected chi connectivity index (χ1v) is 6.64. The molecule has 0 spiro atoms. The van der Waals surface area contributed by atoms with E-state index in [1.807, 2.05) is 11.9 Å². The summed E-state index contributed by atoms with van der Waals surface area (Å²) >= 11 is 0. The van der Waals surface area contributed by atoms with E-state index < -0.39 is 0 Å². The van der Waals surface area contributed by atoms with Crippen LogP contribution in [0.4, 0.5) is 5.95 Å². The summed E-state index contributed by atoms with van der Waals surface area (Å²) in [6, 6.07) is 2.18. The predicted molar refractivity (Wildman–Crippen MR) is 74.0 cm³/mol. The largest absolute Gasteiger partial charge is 0.481 e. The van der Waals surface area contributed by atoms with E-state index in [4.69, 9.17) is 9.47 Å². The second kappa shape index (κ2) is 6.56. The van der Waals surface area contributed by atoms with Gasteiger partial charge in [-0.3, -0.25) is 0 Å². The van der Waals surface area contributed by atoms with Gasteiger partial charge in [0.15, 0.2) is 0 Å². The van der Waals surface area contributed by atoms with E-state index in [9.17, 15) is 0 Å². The van der Waals surface area contributed by atoms with Gasteiger partial charge in [-0.15, -0.1) is 0 Å². The van der Waals surface area contributed by atoms with Crippen LogP contribution in [0.3, 0.4) is 0 Å². The lowest BCUT2D eigenvalue weighted by Crippen LogP contribution is -2.42. The fourth-order valence-electron chi connectivity index (χ4n) is 2.26. The number of anilines is 1. The molecule has 106 valence electrons. The second-order valence-corrected chi connectivity index (χ2v) is 4.78. The lowest BCUT2D eigenvalue weighted by Gasteiger charge is -2.28. The Hall–Kier alpha value is -1.56. The number of nitrogens with one attached hydrogen (secondary N) is 1. The van der Waals surface area contributed by atoms with E-state index in [0.717, 1.165) is 13.1 Å². The number of nitrogens with zero attached hydrogens (tertiary/aromatic N) is 3. The highest BCUT2D eigenvalue weighted by Crippen LogP contribution is 2.20. The summed E-state index contributed by atoms with van der Waals surface area (Å²) in [5.74, 6) is 1.67. The van der Waals surface area contributed by atoms with Gasteiger partial charge in [0.2, 0.25) is 17.7 Å².